The van der Waals surface area contributed by atoms with Crippen LogP contribution in [-0.2, 0) is 0 Å². The van der Waals surface area contributed by atoms with Crippen LogP contribution < -0.4 is 5.32 Å². The average Bonchev–Trinajstić information content (AvgIpc) is 2.43. The highest BCUT2D eigenvalue weighted by molar-refractivity contribution is 5.36. The van der Waals surface area contributed by atoms with Gasteiger partial charge in [-0.15, -0.1) is 0 Å². The molecule has 0 saturated carbocycles. The molecule has 20 heavy (non-hydrogen) atoms. The Morgan fingerprint density at radius 2 is 1.80 bits per heavy atom. The van der Waals surface area contributed by atoms with Crippen LogP contribution in [0.4, 0.5) is 8.78 Å². The second-order valence-corrected chi connectivity index (χ2v) is 4.98. The fourth-order valence-electron chi connectivity index (χ4n) is 2.29. The van der Waals surface area contributed by atoms with Gasteiger partial charge < -0.3 is 5.32 Å². The quantitative estimate of drug-likeness (QED) is 0.878. The smallest absolute Gasteiger partial charge is 0.131 e. The van der Waals surface area contributed by atoms with E-state index < -0.39 is 0 Å². The number of aryl methyl sites for hydroxylation is 2. The van der Waals surface area contributed by atoms with Gasteiger partial charge in [-0.05, 0) is 43.1 Å². The van der Waals surface area contributed by atoms with Crippen molar-refractivity contribution in [3.05, 3.63) is 70.3 Å². The molecule has 0 aromatic heterocycles. The Morgan fingerprint density at radius 3 is 2.45 bits per heavy atom. The fraction of sp³-hybridized carbons (Fsp3) is 0.294. The number of nitrogens with one attached hydrogen (secondary N) is 1. The van der Waals surface area contributed by atoms with Crippen molar-refractivity contribution in [2.45, 2.75) is 26.8 Å². The zero-order valence-corrected chi connectivity index (χ0v) is 12.0. The Kier molecular flexibility index (Phi) is 4.50. The predicted molar refractivity (Wildman–Crippen MR) is 77.8 cm³/mol. The van der Waals surface area contributed by atoms with Gasteiger partial charge in [0.25, 0.3) is 0 Å². The maximum atomic E-state index is 14.3. The molecule has 106 valence electrons. The number of benzene rings is 2. The van der Waals surface area contributed by atoms with E-state index in [4.69, 9.17) is 0 Å². The molecule has 1 nitrogen and oxygen atoms in total. The topological polar surface area (TPSA) is 12.0 Å². The molecule has 2 rings (SSSR count). The van der Waals surface area contributed by atoms with Crippen LogP contribution in [0.15, 0.2) is 36.4 Å². The summed E-state index contributed by atoms with van der Waals surface area (Å²) < 4.78 is 28.1. The SMILES string of the molecule is CCNC(c1ccc(C)c(F)c1)c1cccc(C)c1F. The summed E-state index contributed by atoms with van der Waals surface area (Å²) in [5.41, 5.74) is 2.47. The van der Waals surface area contributed by atoms with Crippen LogP contribution in [0.1, 0.15) is 35.2 Å². The van der Waals surface area contributed by atoms with Crippen LogP contribution in [-0.4, -0.2) is 6.54 Å². The van der Waals surface area contributed by atoms with E-state index >= 15 is 0 Å². The highest BCUT2D eigenvalue weighted by Gasteiger charge is 2.18. The normalized spacial score (nSPS) is 12.4. The van der Waals surface area contributed by atoms with Crippen LogP contribution in [0.5, 0.6) is 0 Å². The van der Waals surface area contributed by atoms with Gasteiger partial charge >= 0.3 is 0 Å². The van der Waals surface area contributed by atoms with E-state index in [2.05, 4.69) is 5.32 Å². The van der Waals surface area contributed by atoms with Crippen molar-refractivity contribution in [1.29, 1.82) is 0 Å². The molecule has 0 radical (unpaired) electrons. The van der Waals surface area contributed by atoms with Crippen molar-refractivity contribution in [3.63, 3.8) is 0 Å². The summed E-state index contributed by atoms with van der Waals surface area (Å²) in [6.45, 7) is 6.07. The highest BCUT2D eigenvalue weighted by atomic mass is 19.1. The number of halogens is 2. The van der Waals surface area contributed by atoms with Gasteiger partial charge in [-0.3, -0.25) is 0 Å². The Bertz CT molecular complexity index is 608. The summed E-state index contributed by atoms with van der Waals surface area (Å²) in [6, 6.07) is 10.0. The van der Waals surface area contributed by atoms with Crippen molar-refractivity contribution in [2.24, 2.45) is 0 Å². The molecule has 0 heterocycles. The van der Waals surface area contributed by atoms with Gasteiger partial charge in [-0.2, -0.15) is 0 Å². The van der Waals surface area contributed by atoms with Crippen molar-refractivity contribution < 1.29 is 8.78 Å². The molecule has 0 amide bonds. The average molecular weight is 275 g/mol. The van der Waals surface area contributed by atoms with Gasteiger partial charge in [0, 0.05) is 5.56 Å². The van der Waals surface area contributed by atoms with E-state index in [0.717, 1.165) is 5.56 Å². The van der Waals surface area contributed by atoms with Crippen LogP contribution in [0.3, 0.4) is 0 Å². The number of hydrogen-bond donors (Lipinski definition) is 1. The van der Waals surface area contributed by atoms with E-state index in [0.29, 0.717) is 23.2 Å². The third-order valence-electron chi connectivity index (χ3n) is 3.47. The lowest BCUT2D eigenvalue weighted by Crippen LogP contribution is -2.23. The molecule has 3 heteroatoms. The summed E-state index contributed by atoms with van der Waals surface area (Å²) in [7, 11) is 0. The molecule has 0 saturated heterocycles. The van der Waals surface area contributed by atoms with Gasteiger partial charge in [0.1, 0.15) is 11.6 Å². The Balaban J connectivity index is 2.50. The Labute approximate surface area is 118 Å². The molecule has 0 bridgehead atoms. The summed E-state index contributed by atoms with van der Waals surface area (Å²) >= 11 is 0. The van der Waals surface area contributed by atoms with Crippen molar-refractivity contribution in [1.82, 2.24) is 5.32 Å². The summed E-state index contributed by atoms with van der Waals surface area (Å²) in [4.78, 5) is 0. The zero-order valence-electron chi connectivity index (χ0n) is 12.0. The molecule has 0 aliphatic carbocycles. The molecular formula is C17H19F2N. The molecule has 1 atom stereocenters. The molecular weight excluding hydrogens is 256 g/mol. The van der Waals surface area contributed by atoms with Crippen molar-refractivity contribution >= 4 is 0 Å². The minimum absolute atomic E-state index is 0.237. The van der Waals surface area contributed by atoms with Gasteiger partial charge in [0.2, 0.25) is 0 Å². The molecule has 0 aliphatic rings. The molecule has 0 fully saturated rings. The van der Waals surface area contributed by atoms with Gasteiger partial charge in [-0.1, -0.05) is 37.3 Å². The summed E-state index contributed by atoms with van der Waals surface area (Å²) in [6.07, 6.45) is 0. The fourth-order valence-corrected chi connectivity index (χ4v) is 2.29. The minimum atomic E-state index is -0.338. The van der Waals surface area contributed by atoms with Crippen LogP contribution in [0.25, 0.3) is 0 Å². The molecule has 1 N–H and O–H groups in total. The first-order chi connectivity index (χ1) is 9.54. The van der Waals surface area contributed by atoms with E-state index in [9.17, 15) is 8.78 Å². The van der Waals surface area contributed by atoms with Gasteiger partial charge in [0.05, 0.1) is 6.04 Å². The van der Waals surface area contributed by atoms with E-state index in [1.165, 1.54) is 6.07 Å². The predicted octanol–water partition coefficient (Wildman–Crippen LogP) is 4.28. The molecule has 0 spiro atoms. The highest BCUT2D eigenvalue weighted by Crippen LogP contribution is 2.27. The minimum Gasteiger partial charge on any atom is -0.306 e. The van der Waals surface area contributed by atoms with E-state index in [-0.39, 0.29) is 17.7 Å². The first-order valence-corrected chi connectivity index (χ1v) is 6.79. The van der Waals surface area contributed by atoms with E-state index in [1.54, 1.807) is 32.0 Å². The lowest BCUT2D eigenvalue weighted by molar-refractivity contribution is 0.549. The second kappa shape index (κ2) is 6.14. The first kappa shape index (κ1) is 14.7. The lowest BCUT2D eigenvalue weighted by Gasteiger charge is -2.20. The Hall–Kier alpha value is -1.74. The summed E-state index contributed by atoms with van der Waals surface area (Å²) in [5, 5.41) is 3.22. The van der Waals surface area contributed by atoms with Crippen molar-refractivity contribution in [2.75, 3.05) is 6.54 Å². The third-order valence-corrected chi connectivity index (χ3v) is 3.47. The molecule has 2 aromatic carbocycles. The van der Waals surface area contributed by atoms with Crippen LogP contribution in [0.2, 0.25) is 0 Å². The summed E-state index contributed by atoms with van der Waals surface area (Å²) in [5.74, 6) is -0.502. The zero-order chi connectivity index (χ0) is 14.7. The maximum absolute atomic E-state index is 14.3. The molecule has 2 aromatic rings. The standard InChI is InChI=1S/C17H19F2N/c1-4-20-17(13-9-8-11(2)15(18)10-13)14-7-5-6-12(3)16(14)19/h5-10,17,20H,4H2,1-3H3. The molecule has 0 aliphatic heterocycles. The third kappa shape index (κ3) is 2.88. The van der Waals surface area contributed by atoms with Crippen LogP contribution in [0, 0.1) is 25.5 Å². The van der Waals surface area contributed by atoms with Gasteiger partial charge in [-0.25, -0.2) is 8.78 Å². The maximum Gasteiger partial charge on any atom is 0.131 e. The van der Waals surface area contributed by atoms with Gasteiger partial charge in [0.15, 0.2) is 0 Å². The number of hydrogen-bond acceptors (Lipinski definition) is 1. The first-order valence-electron chi connectivity index (χ1n) is 6.79. The van der Waals surface area contributed by atoms with Crippen LogP contribution >= 0.6 is 0 Å². The molecule has 1 unspecified atom stereocenters. The van der Waals surface area contributed by atoms with E-state index in [1.807, 2.05) is 19.1 Å². The lowest BCUT2D eigenvalue weighted by atomic mass is 9.95. The largest absolute Gasteiger partial charge is 0.306 e. The monoisotopic (exact) mass is 275 g/mol. The Morgan fingerprint density at radius 1 is 1.05 bits per heavy atom. The number of rotatable bonds is 4. The van der Waals surface area contributed by atoms with Crippen molar-refractivity contribution in [3.8, 4) is 0 Å². The second-order valence-electron chi connectivity index (χ2n) is 4.98.